The molecular weight excluding hydrogens is 477 g/mol. The fourth-order valence-corrected chi connectivity index (χ4v) is 5.93. The Morgan fingerprint density at radius 1 is 1.27 bits per heavy atom. The average molecular weight is 494 g/mol. The van der Waals surface area contributed by atoms with Gasteiger partial charge in [0.2, 0.25) is 0 Å². The van der Waals surface area contributed by atoms with E-state index in [0.717, 1.165) is 10.8 Å². The van der Waals surface area contributed by atoms with Crippen molar-refractivity contribution in [3.05, 3.63) is 32.6 Å². The summed E-state index contributed by atoms with van der Waals surface area (Å²) in [6.07, 6.45) is -2.85. The summed E-state index contributed by atoms with van der Waals surface area (Å²) in [7, 11) is -17.2. The van der Waals surface area contributed by atoms with Crippen LogP contribution in [0, 0.1) is 6.92 Å². The Hall–Kier alpha value is -1.28. The standard InChI is InChI=1S/C11H17N2O14P3/c1-5-3-13(10(16)12-9(5)15)8-2-6(14)7(26-8)4-25-30(23,24)27-29(21,22)11(17)28(18,19)20/h3,6-8,14H,2,4H2,1H3,(H,21,22)(H,23,24)(H,12,15,16)(H2,18,19,20)/t6-,7+,8+/m0/s1. The zero-order chi connectivity index (χ0) is 23.1. The molecule has 1 aliphatic heterocycles. The molecule has 1 saturated heterocycles. The van der Waals surface area contributed by atoms with Crippen molar-refractivity contribution in [3.8, 4) is 0 Å². The van der Waals surface area contributed by atoms with Gasteiger partial charge < -0.3 is 29.4 Å². The first-order valence-electron chi connectivity index (χ1n) is 7.81. The molecule has 0 aliphatic carbocycles. The van der Waals surface area contributed by atoms with E-state index < -0.39 is 64.6 Å². The molecule has 0 saturated carbocycles. The van der Waals surface area contributed by atoms with Gasteiger partial charge in [-0.15, -0.1) is 0 Å². The van der Waals surface area contributed by atoms with E-state index in [4.69, 9.17) is 14.5 Å². The van der Waals surface area contributed by atoms with E-state index in [9.17, 15) is 43.0 Å². The van der Waals surface area contributed by atoms with E-state index in [2.05, 4.69) is 8.83 Å². The van der Waals surface area contributed by atoms with Crippen molar-refractivity contribution in [1.29, 1.82) is 0 Å². The van der Waals surface area contributed by atoms with Crippen LogP contribution in [0.4, 0.5) is 4.79 Å². The number of aliphatic hydroxyl groups excluding tert-OH is 1. The predicted octanol–water partition coefficient (Wildman–Crippen LogP) is -0.890. The van der Waals surface area contributed by atoms with Crippen LogP contribution in [0.5, 0.6) is 0 Å². The SMILES string of the molecule is Cc1cn([C@H]2C[C@H](O)[C@@H](COP(=O)(O)OP(=O)(O)C(=O)P(=O)(O)O)O2)c(=O)[nH]c1=O. The van der Waals surface area contributed by atoms with Crippen molar-refractivity contribution in [1.82, 2.24) is 9.55 Å². The lowest BCUT2D eigenvalue weighted by Gasteiger charge is -2.19. The van der Waals surface area contributed by atoms with Crippen molar-refractivity contribution in [2.24, 2.45) is 0 Å². The molecule has 5 atom stereocenters. The maximum Gasteiger partial charge on any atom is 0.479 e. The first-order valence-corrected chi connectivity index (χ1v) is 12.5. The maximum absolute atomic E-state index is 11.9. The third-order valence-electron chi connectivity index (χ3n) is 3.77. The van der Waals surface area contributed by atoms with E-state index in [0.29, 0.717) is 0 Å². The monoisotopic (exact) mass is 494 g/mol. The number of carbonyl (C=O) groups excluding carboxylic acids is 1. The highest BCUT2D eigenvalue weighted by Gasteiger charge is 2.49. The van der Waals surface area contributed by atoms with E-state index in [1.54, 1.807) is 0 Å². The minimum Gasteiger partial charge on any atom is -0.390 e. The molecule has 6 N–H and O–H groups in total. The Kier molecular flexibility index (Phi) is 7.24. The number of aliphatic hydroxyl groups is 1. The number of phosphoric ester groups is 1. The zero-order valence-electron chi connectivity index (χ0n) is 14.9. The Labute approximate surface area is 166 Å². The van der Waals surface area contributed by atoms with E-state index >= 15 is 0 Å². The van der Waals surface area contributed by atoms with Gasteiger partial charge in [-0.1, -0.05) is 0 Å². The van der Waals surface area contributed by atoms with Crippen molar-refractivity contribution in [2.45, 2.75) is 31.8 Å². The second-order valence-corrected chi connectivity index (χ2v) is 11.2. The molecule has 1 aromatic heterocycles. The number of phosphoric acid groups is 1. The highest BCUT2D eigenvalue weighted by atomic mass is 31.3. The molecule has 30 heavy (non-hydrogen) atoms. The van der Waals surface area contributed by atoms with Gasteiger partial charge in [-0.05, 0) is 6.92 Å². The smallest absolute Gasteiger partial charge is 0.390 e. The van der Waals surface area contributed by atoms with Crippen LogP contribution in [0.3, 0.4) is 0 Å². The highest BCUT2D eigenvalue weighted by Crippen LogP contribution is 2.66. The summed E-state index contributed by atoms with van der Waals surface area (Å²) >= 11 is 0. The number of aromatic amines is 1. The Morgan fingerprint density at radius 3 is 2.43 bits per heavy atom. The second-order valence-electron chi connectivity index (χ2n) is 6.10. The number of aromatic nitrogens is 2. The van der Waals surface area contributed by atoms with Gasteiger partial charge in [0.1, 0.15) is 12.3 Å². The lowest BCUT2D eigenvalue weighted by atomic mass is 10.2. The van der Waals surface area contributed by atoms with Gasteiger partial charge in [0.25, 0.3) is 5.56 Å². The van der Waals surface area contributed by atoms with Gasteiger partial charge >= 0.3 is 34.0 Å². The van der Waals surface area contributed by atoms with Crippen LogP contribution in [-0.4, -0.2) is 58.3 Å². The summed E-state index contributed by atoms with van der Waals surface area (Å²) in [5.74, 6) is 0. The fourth-order valence-electron chi connectivity index (χ4n) is 2.37. The highest BCUT2D eigenvalue weighted by molar-refractivity contribution is 7.98. The average Bonchev–Trinajstić information content (AvgIpc) is 2.94. The number of nitrogens with one attached hydrogen (secondary N) is 1. The number of H-pyrrole nitrogens is 1. The second kappa shape index (κ2) is 8.69. The number of nitrogens with zero attached hydrogens (tertiary/aromatic N) is 1. The zero-order valence-corrected chi connectivity index (χ0v) is 17.6. The van der Waals surface area contributed by atoms with E-state index in [1.165, 1.54) is 6.92 Å². The summed E-state index contributed by atoms with van der Waals surface area (Å²) in [6.45, 7) is 0.471. The van der Waals surface area contributed by atoms with Crippen molar-refractivity contribution in [2.75, 3.05) is 6.61 Å². The summed E-state index contributed by atoms with van der Waals surface area (Å²) in [6, 6.07) is 0. The topological polar surface area (TPSA) is 252 Å². The molecule has 0 spiro atoms. The molecule has 0 bridgehead atoms. The number of hydrogen-bond donors (Lipinski definition) is 6. The molecule has 170 valence electrons. The number of hydrogen-bond acceptors (Lipinski definition) is 10. The van der Waals surface area contributed by atoms with Crippen LogP contribution in [0.1, 0.15) is 18.2 Å². The first-order chi connectivity index (χ1) is 13.5. The molecule has 2 unspecified atom stereocenters. The van der Waals surface area contributed by atoms with Crippen LogP contribution in [0.25, 0.3) is 0 Å². The molecule has 1 fully saturated rings. The molecule has 0 aromatic carbocycles. The molecule has 2 heterocycles. The number of rotatable bonds is 8. The van der Waals surface area contributed by atoms with Crippen molar-refractivity contribution >= 4 is 28.3 Å². The van der Waals surface area contributed by atoms with Crippen molar-refractivity contribution in [3.63, 3.8) is 0 Å². The molecule has 0 amide bonds. The third kappa shape index (κ3) is 5.90. The fraction of sp³-hybridized carbons (Fsp3) is 0.545. The Balaban J connectivity index is 2.06. The summed E-state index contributed by atoms with van der Waals surface area (Å²) in [4.78, 5) is 72.3. The number of carbonyl (C=O) groups is 1. The molecule has 1 aliphatic rings. The van der Waals surface area contributed by atoms with Crippen LogP contribution in [0.2, 0.25) is 0 Å². The largest absolute Gasteiger partial charge is 0.479 e. The van der Waals surface area contributed by atoms with Crippen LogP contribution in [-0.2, 0) is 27.3 Å². The normalized spacial score (nSPS) is 26.1. The predicted molar refractivity (Wildman–Crippen MR) is 94.7 cm³/mol. The molecular formula is C11H17N2O14P3. The van der Waals surface area contributed by atoms with Crippen LogP contribution < -0.4 is 11.2 Å². The molecule has 19 heteroatoms. The Bertz CT molecular complexity index is 1090. The van der Waals surface area contributed by atoms with Crippen LogP contribution in [0.15, 0.2) is 15.8 Å². The lowest BCUT2D eigenvalue weighted by Crippen LogP contribution is -2.33. The first kappa shape index (κ1) is 25.0. The van der Waals surface area contributed by atoms with Gasteiger partial charge in [0.15, 0.2) is 0 Å². The molecule has 2 rings (SSSR count). The van der Waals surface area contributed by atoms with Gasteiger partial charge in [0, 0.05) is 18.2 Å². The molecule has 0 radical (unpaired) electrons. The minimum atomic E-state index is -5.90. The van der Waals surface area contributed by atoms with Crippen LogP contribution >= 0.6 is 23.0 Å². The van der Waals surface area contributed by atoms with E-state index in [-0.39, 0.29) is 12.0 Å². The van der Waals surface area contributed by atoms with Gasteiger partial charge in [-0.2, -0.15) is 0 Å². The van der Waals surface area contributed by atoms with Gasteiger partial charge in [0.05, 0.1) is 12.7 Å². The van der Waals surface area contributed by atoms with Gasteiger partial charge in [-0.25, -0.2) is 13.7 Å². The maximum atomic E-state index is 11.9. The Morgan fingerprint density at radius 2 is 1.87 bits per heavy atom. The minimum absolute atomic E-state index is 0.161. The molecule has 16 nitrogen and oxygen atoms in total. The summed E-state index contributed by atoms with van der Waals surface area (Å²) in [5.41, 5.74) is -1.32. The number of ether oxygens (including phenoxy) is 1. The lowest BCUT2D eigenvalue weighted by molar-refractivity contribution is -0.0448. The number of aryl methyl sites for hydroxylation is 1. The third-order valence-corrected chi connectivity index (χ3v) is 8.47. The quantitative estimate of drug-likeness (QED) is 0.240. The summed E-state index contributed by atoms with van der Waals surface area (Å²) < 4.78 is 48.3. The van der Waals surface area contributed by atoms with E-state index in [1.807, 2.05) is 4.98 Å². The van der Waals surface area contributed by atoms with Crippen molar-refractivity contribution < 1.29 is 56.7 Å². The molecule has 1 aromatic rings. The van der Waals surface area contributed by atoms with Gasteiger partial charge in [-0.3, -0.25) is 32.8 Å². The summed E-state index contributed by atoms with van der Waals surface area (Å²) in [5, 5.41) is 7.38.